The number of nitrogens with zero attached hydrogens (tertiary/aromatic N) is 1. The molecule has 0 saturated carbocycles. The average Bonchev–Trinajstić information content (AvgIpc) is 2.85. The van der Waals surface area contributed by atoms with Gasteiger partial charge >= 0.3 is 11.8 Å². The van der Waals surface area contributed by atoms with Crippen molar-refractivity contribution in [2.45, 2.75) is 13.5 Å². The fourth-order valence-corrected chi connectivity index (χ4v) is 3.97. The molecule has 0 saturated heterocycles. The Morgan fingerprint density at radius 2 is 1.78 bits per heavy atom. The molecule has 0 aliphatic heterocycles. The predicted molar refractivity (Wildman–Crippen MR) is 143 cm³/mol. The number of hydrogen-bond donors (Lipinski definition) is 2. The monoisotopic (exact) mass is 593 g/mol. The Bertz CT molecular complexity index is 1270. The van der Waals surface area contributed by atoms with Crippen LogP contribution >= 0.6 is 39.1 Å². The standard InChI is InChI=1S/C25H22BrCl2N3O5/c1-3-35-22-11-15(10-20(26)23(22)36-14-16-4-5-17(27)12-21(16)28)13-29-31-25(33)24(32)30-18-6-8-19(34-2)9-7-18/h4-13H,3,14H2,1-2H3,(H,30,32)(H,31,33). The summed E-state index contributed by atoms with van der Waals surface area (Å²) in [6.45, 7) is 2.44. The lowest BCUT2D eigenvalue weighted by Crippen LogP contribution is -2.32. The largest absolute Gasteiger partial charge is 0.497 e. The summed E-state index contributed by atoms with van der Waals surface area (Å²) in [5, 5.41) is 7.37. The van der Waals surface area contributed by atoms with Crippen LogP contribution in [0.15, 0.2) is 64.2 Å². The van der Waals surface area contributed by atoms with E-state index in [0.29, 0.717) is 49.6 Å². The van der Waals surface area contributed by atoms with Gasteiger partial charge in [-0.15, -0.1) is 0 Å². The number of amides is 2. The number of ether oxygens (including phenoxy) is 3. The molecular formula is C25H22BrCl2N3O5. The van der Waals surface area contributed by atoms with Gasteiger partial charge in [-0.05, 0) is 76.9 Å². The van der Waals surface area contributed by atoms with Crippen molar-refractivity contribution >= 4 is 62.8 Å². The van der Waals surface area contributed by atoms with Crippen molar-refractivity contribution in [1.82, 2.24) is 5.43 Å². The minimum atomic E-state index is -0.925. The number of methoxy groups -OCH3 is 1. The molecule has 0 aromatic heterocycles. The van der Waals surface area contributed by atoms with Gasteiger partial charge in [-0.1, -0.05) is 29.3 Å². The summed E-state index contributed by atoms with van der Waals surface area (Å²) < 4.78 is 17.3. The molecule has 0 aliphatic carbocycles. The molecule has 188 valence electrons. The molecule has 0 bridgehead atoms. The number of hydrazone groups is 1. The van der Waals surface area contributed by atoms with E-state index in [-0.39, 0.29) is 6.61 Å². The highest BCUT2D eigenvalue weighted by Crippen LogP contribution is 2.37. The molecule has 2 amide bonds. The predicted octanol–water partition coefficient (Wildman–Crippen LogP) is 5.83. The summed E-state index contributed by atoms with van der Waals surface area (Å²) in [7, 11) is 1.53. The van der Waals surface area contributed by atoms with Gasteiger partial charge in [-0.3, -0.25) is 9.59 Å². The first-order valence-electron chi connectivity index (χ1n) is 10.6. The second-order valence-corrected chi connectivity index (χ2v) is 8.87. The van der Waals surface area contributed by atoms with Crippen LogP contribution in [0.3, 0.4) is 0 Å². The number of carbonyl (C=O) groups is 2. The van der Waals surface area contributed by atoms with Gasteiger partial charge in [0, 0.05) is 21.3 Å². The van der Waals surface area contributed by atoms with Crippen molar-refractivity contribution in [1.29, 1.82) is 0 Å². The lowest BCUT2D eigenvalue weighted by molar-refractivity contribution is -0.136. The van der Waals surface area contributed by atoms with Crippen molar-refractivity contribution in [2.75, 3.05) is 19.0 Å². The van der Waals surface area contributed by atoms with Gasteiger partial charge in [-0.2, -0.15) is 5.10 Å². The Hall–Kier alpha value is -3.27. The summed E-state index contributed by atoms with van der Waals surface area (Å²) in [4.78, 5) is 24.2. The average molecular weight is 595 g/mol. The lowest BCUT2D eigenvalue weighted by atomic mass is 10.2. The molecule has 0 atom stereocenters. The van der Waals surface area contributed by atoms with Crippen LogP contribution in [0.1, 0.15) is 18.1 Å². The molecule has 36 heavy (non-hydrogen) atoms. The fourth-order valence-electron chi connectivity index (χ4n) is 2.93. The number of benzene rings is 3. The lowest BCUT2D eigenvalue weighted by Gasteiger charge is -2.15. The number of hydrogen-bond acceptors (Lipinski definition) is 6. The second kappa shape index (κ2) is 13.2. The second-order valence-electron chi connectivity index (χ2n) is 7.17. The van der Waals surface area contributed by atoms with E-state index in [0.717, 1.165) is 5.56 Å². The maximum atomic E-state index is 12.1. The van der Waals surface area contributed by atoms with Crippen LogP contribution in [0.2, 0.25) is 10.0 Å². The van der Waals surface area contributed by atoms with Crippen molar-refractivity contribution in [2.24, 2.45) is 5.10 Å². The highest BCUT2D eigenvalue weighted by atomic mass is 79.9. The smallest absolute Gasteiger partial charge is 0.329 e. The Morgan fingerprint density at radius 1 is 1.03 bits per heavy atom. The molecule has 8 nitrogen and oxygen atoms in total. The van der Waals surface area contributed by atoms with E-state index in [1.165, 1.54) is 13.3 Å². The summed E-state index contributed by atoms with van der Waals surface area (Å²) in [6, 6.07) is 15.1. The van der Waals surface area contributed by atoms with Gasteiger partial charge < -0.3 is 19.5 Å². The van der Waals surface area contributed by atoms with E-state index < -0.39 is 11.8 Å². The SMILES string of the molecule is CCOc1cc(C=NNC(=O)C(=O)Nc2ccc(OC)cc2)cc(Br)c1OCc1ccc(Cl)cc1Cl. The zero-order valence-electron chi connectivity index (χ0n) is 19.3. The molecule has 2 N–H and O–H groups in total. The third-order valence-corrected chi connectivity index (χ3v) is 5.83. The normalized spacial score (nSPS) is 10.7. The third kappa shape index (κ3) is 7.61. The van der Waals surface area contributed by atoms with E-state index in [1.54, 1.807) is 54.6 Å². The number of rotatable bonds is 9. The number of carbonyl (C=O) groups excluding carboxylic acids is 2. The zero-order chi connectivity index (χ0) is 26.1. The zero-order valence-corrected chi connectivity index (χ0v) is 22.4. The van der Waals surface area contributed by atoms with Crippen molar-refractivity contribution in [3.8, 4) is 17.2 Å². The van der Waals surface area contributed by atoms with Crippen LogP contribution < -0.4 is 25.0 Å². The Balaban J connectivity index is 1.64. The quantitative estimate of drug-likeness (QED) is 0.184. The van der Waals surface area contributed by atoms with Gasteiger partial charge in [0.25, 0.3) is 0 Å². The molecular weight excluding hydrogens is 573 g/mol. The van der Waals surface area contributed by atoms with Gasteiger partial charge in [0.05, 0.1) is 24.4 Å². The van der Waals surface area contributed by atoms with Crippen molar-refractivity contribution in [3.63, 3.8) is 0 Å². The summed E-state index contributed by atoms with van der Waals surface area (Å²) in [6.07, 6.45) is 1.38. The first-order chi connectivity index (χ1) is 17.3. The molecule has 3 aromatic rings. The number of anilines is 1. The molecule has 0 radical (unpaired) electrons. The minimum absolute atomic E-state index is 0.196. The molecule has 3 aromatic carbocycles. The van der Waals surface area contributed by atoms with E-state index in [2.05, 4.69) is 31.8 Å². The van der Waals surface area contributed by atoms with Crippen LogP contribution in [0, 0.1) is 0 Å². The molecule has 0 heterocycles. The molecule has 0 unspecified atom stereocenters. The maximum absolute atomic E-state index is 12.1. The van der Waals surface area contributed by atoms with Gasteiger partial charge in [0.1, 0.15) is 12.4 Å². The van der Waals surface area contributed by atoms with Crippen LogP contribution in [-0.4, -0.2) is 31.7 Å². The third-order valence-electron chi connectivity index (χ3n) is 4.65. The van der Waals surface area contributed by atoms with Gasteiger partial charge in [0.2, 0.25) is 0 Å². The topological polar surface area (TPSA) is 98.2 Å². The van der Waals surface area contributed by atoms with E-state index in [4.69, 9.17) is 37.4 Å². The first kappa shape index (κ1) is 27.3. The molecule has 0 fully saturated rings. The van der Waals surface area contributed by atoms with Crippen LogP contribution in [0.4, 0.5) is 5.69 Å². The maximum Gasteiger partial charge on any atom is 0.329 e. The van der Waals surface area contributed by atoms with E-state index in [1.807, 2.05) is 6.92 Å². The number of halogens is 3. The minimum Gasteiger partial charge on any atom is -0.497 e. The fraction of sp³-hybridized carbons (Fsp3) is 0.160. The van der Waals surface area contributed by atoms with E-state index >= 15 is 0 Å². The summed E-state index contributed by atoms with van der Waals surface area (Å²) in [5.74, 6) is -0.223. The Kier molecular flexibility index (Phi) is 9.98. The van der Waals surface area contributed by atoms with Crippen LogP contribution in [0.5, 0.6) is 17.2 Å². The molecule has 11 heteroatoms. The van der Waals surface area contributed by atoms with E-state index in [9.17, 15) is 9.59 Å². The first-order valence-corrected chi connectivity index (χ1v) is 12.2. The van der Waals surface area contributed by atoms with Gasteiger partial charge in [-0.25, -0.2) is 5.43 Å². The van der Waals surface area contributed by atoms with Crippen LogP contribution in [0.25, 0.3) is 0 Å². The molecule has 0 spiro atoms. The Labute approximate surface area is 226 Å². The summed E-state index contributed by atoms with van der Waals surface area (Å²) in [5.41, 5.74) is 4.00. The highest BCUT2D eigenvalue weighted by Gasteiger charge is 2.15. The molecule has 3 rings (SSSR count). The van der Waals surface area contributed by atoms with Crippen molar-refractivity contribution in [3.05, 3.63) is 80.2 Å². The van der Waals surface area contributed by atoms with Gasteiger partial charge in [0.15, 0.2) is 11.5 Å². The highest BCUT2D eigenvalue weighted by molar-refractivity contribution is 9.10. The van der Waals surface area contributed by atoms with Crippen molar-refractivity contribution < 1.29 is 23.8 Å². The molecule has 0 aliphatic rings. The number of nitrogens with one attached hydrogen (secondary N) is 2. The summed E-state index contributed by atoms with van der Waals surface area (Å²) >= 11 is 15.7. The van der Waals surface area contributed by atoms with Crippen LogP contribution in [-0.2, 0) is 16.2 Å². The Morgan fingerprint density at radius 3 is 2.44 bits per heavy atom.